The van der Waals surface area contributed by atoms with Gasteiger partial charge in [0.05, 0.1) is 13.2 Å². The molecule has 1 rings (SSSR count). The molecule has 0 radical (unpaired) electrons. The molecule has 0 atom stereocenters. The summed E-state index contributed by atoms with van der Waals surface area (Å²) in [6.07, 6.45) is 0. The van der Waals surface area contributed by atoms with E-state index in [9.17, 15) is 8.42 Å². The van der Waals surface area contributed by atoms with Crippen LogP contribution < -0.4 is 5.32 Å². The Balaban J connectivity index is 2.71. The van der Waals surface area contributed by atoms with Crippen molar-refractivity contribution in [1.29, 1.82) is 0 Å². The van der Waals surface area contributed by atoms with Crippen LogP contribution in [0.2, 0.25) is 0 Å². The van der Waals surface area contributed by atoms with E-state index in [0.717, 1.165) is 0 Å². The van der Waals surface area contributed by atoms with Crippen LogP contribution in [0.5, 0.6) is 0 Å². The monoisotopic (exact) mass is 276 g/mol. The van der Waals surface area contributed by atoms with Gasteiger partial charge in [-0.1, -0.05) is 0 Å². The topological polar surface area (TPSA) is 71.8 Å². The van der Waals surface area contributed by atoms with Crippen molar-refractivity contribution in [2.45, 2.75) is 18.6 Å². The van der Waals surface area contributed by atoms with E-state index in [1.54, 1.807) is 13.1 Å². The van der Waals surface area contributed by atoms with Gasteiger partial charge in [0.15, 0.2) is 0 Å². The maximum atomic E-state index is 12.1. The maximum Gasteiger partial charge on any atom is 0.276 e. The summed E-state index contributed by atoms with van der Waals surface area (Å²) < 4.78 is 35.8. The van der Waals surface area contributed by atoms with Crippen LogP contribution in [0.25, 0.3) is 0 Å². The molecule has 0 amide bonds. The van der Waals surface area contributed by atoms with Crippen LogP contribution in [0.1, 0.15) is 12.7 Å². The number of likely N-dealkylation sites (N-methyl/N-ethyl adjacent to an activating group) is 1. The molecule has 7 heteroatoms. The van der Waals surface area contributed by atoms with E-state index in [4.69, 9.17) is 9.15 Å². The molecule has 18 heavy (non-hydrogen) atoms. The van der Waals surface area contributed by atoms with Crippen LogP contribution in [0.15, 0.2) is 21.6 Å². The molecule has 0 spiro atoms. The Morgan fingerprint density at radius 2 is 2.17 bits per heavy atom. The minimum absolute atomic E-state index is 0.0354. The highest BCUT2D eigenvalue weighted by Crippen LogP contribution is 2.17. The van der Waals surface area contributed by atoms with E-state index in [1.807, 2.05) is 6.92 Å². The maximum absolute atomic E-state index is 12.1. The van der Waals surface area contributed by atoms with E-state index in [2.05, 4.69) is 5.32 Å². The van der Waals surface area contributed by atoms with Gasteiger partial charge in [0.25, 0.3) is 10.0 Å². The van der Waals surface area contributed by atoms with E-state index in [1.165, 1.54) is 17.4 Å². The number of sulfonamides is 1. The molecule has 1 aromatic heterocycles. The molecule has 1 aromatic rings. The van der Waals surface area contributed by atoms with Gasteiger partial charge in [-0.05, 0) is 26.1 Å². The van der Waals surface area contributed by atoms with Gasteiger partial charge < -0.3 is 14.5 Å². The molecular weight excluding hydrogens is 256 g/mol. The summed E-state index contributed by atoms with van der Waals surface area (Å²) in [6.45, 7) is 3.61. The molecule has 104 valence electrons. The van der Waals surface area contributed by atoms with Crippen LogP contribution in [-0.4, -0.2) is 46.6 Å². The van der Waals surface area contributed by atoms with Gasteiger partial charge in [0, 0.05) is 20.2 Å². The normalized spacial score (nSPS) is 12.2. The van der Waals surface area contributed by atoms with Crippen LogP contribution >= 0.6 is 0 Å². The number of nitrogens with zero attached hydrogens (tertiary/aromatic N) is 1. The Bertz CT molecular complexity index is 455. The largest absolute Gasteiger partial charge is 0.447 e. The fourth-order valence-electron chi connectivity index (χ4n) is 1.38. The molecule has 0 aliphatic rings. The van der Waals surface area contributed by atoms with Crippen molar-refractivity contribution >= 4 is 10.0 Å². The summed E-state index contributed by atoms with van der Waals surface area (Å²) in [5, 5.41) is 2.86. The third kappa shape index (κ3) is 3.81. The molecule has 1 N–H and O–H groups in total. The highest BCUT2D eigenvalue weighted by molar-refractivity contribution is 7.89. The zero-order valence-electron chi connectivity index (χ0n) is 11.0. The number of hydrogen-bond acceptors (Lipinski definition) is 5. The van der Waals surface area contributed by atoms with Crippen molar-refractivity contribution in [2.24, 2.45) is 0 Å². The molecule has 0 aliphatic heterocycles. The van der Waals surface area contributed by atoms with Gasteiger partial charge in [0.1, 0.15) is 5.76 Å². The summed E-state index contributed by atoms with van der Waals surface area (Å²) in [5.74, 6) is 0.592. The molecule has 6 nitrogen and oxygen atoms in total. The fourth-order valence-corrected chi connectivity index (χ4v) is 2.45. The van der Waals surface area contributed by atoms with Gasteiger partial charge in [-0.25, -0.2) is 8.42 Å². The SMILES string of the molecule is CCOCCN(C)S(=O)(=O)c1ccc(CNC)o1. The second kappa shape index (κ2) is 6.89. The van der Waals surface area contributed by atoms with Gasteiger partial charge in [-0.3, -0.25) is 0 Å². The van der Waals surface area contributed by atoms with E-state index < -0.39 is 10.0 Å². The Kier molecular flexibility index (Phi) is 5.80. The van der Waals surface area contributed by atoms with Crippen molar-refractivity contribution in [2.75, 3.05) is 33.9 Å². The standard InChI is InChI=1S/C11H20N2O4S/c1-4-16-8-7-13(3)18(14,15)11-6-5-10(17-11)9-12-2/h5-6,12H,4,7-9H2,1-3H3. The Morgan fingerprint density at radius 1 is 1.44 bits per heavy atom. The average Bonchev–Trinajstić information content (AvgIpc) is 2.79. The fraction of sp³-hybridized carbons (Fsp3) is 0.636. The van der Waals surface area contributed by atoms with Crippen LogP contribution in [0, 0.1) is 0 Å². The van der Waals surface area contributed by atoms with Crippen LogP contribution in [-0.2, 0) is 21.3 Å². The first-order chi connectivity index (χ1) is 8.52. The highest BCUT2D eigenvalue weighted by Gasteiger charge is 2.24. The molecule has 0 bridgehead atoms. The summed E-state index contributed by atoms with van der Waals surface area (Å²) in [4.78, 5) is 0. The number of rotatable bonds is 8. The second-order valence-corrected chi connectivity index (χ2v) is 5.75. The van der Waals surface area contributed by atoms with Crippen molar-refractivity contribution in [1.82, 2.24) is 9.62 Å². The molecule has 0 aromatic carbocycles. The number of furan rings is 1. The molecule has 0 saturated heterocycles. The Hall–Kier alpha value is -0.890. The molecule has 0 aliphatic carbocycles. The quantitative estimate of drug-likeness (QED) is 0.706. The van der Waals surface area contributed by atoms with Gasteiger partial charge in [0.2, 0.25) is 5.09 Å². The van der Waals surface area contributed by atoms with E-state index >= 15 is 0 Å². The lowest BCUT2D eigenvalue weighted by molar-refractivity contribution is 0.138. The lowest BCUT2D eigenvalue weighted by Gasteiger charge is -2.14. The zero-order chi connectivity index (χ0) is 13.6. The van der Waals surface area contributed by atoms with E-state index in [-0.39, 0.29) is 5.09 Å². The van der Waals surface area contributed by atoms with Crippen LogP contribution in [0.3, 0.4) is 0 Å². The number of ether oxygens (including phenoxy) is 1. The Labute approximate surface area is 108 Å². The summed E-state index contributed by atoms with van der Waals surface area (Å²) in [7, 11) is -0.281. The lowest BCUT2D eigenvalue weighted by Crippen LogP contribution is -2.30. The highest BCUT2D eigenvalue weighted by atomic mass is 32.2. The molecular formula is C11H20N2O4S. The predicted molar refractivity (Wildman–Crippen MR) is 67.8 cm³/mol. The van der Waals surface area contributed by atoms with Gasteiger partial charge >= 0.3 is 0 Å². The third-order valence-corrected chi connectivity index (χ3v) is 4.14. The molecule has 0 unspecified atom stereocenters. The minimum atomic E-state index is -3.56. The average molecular weight is 276 g/mol. The Morgan fingerprint density at radius 3 is 2.78 bits per heavy atom. The minimum Gasteiger partial charge on any atom is -0.447 e. The summed E-state index contributed by atoms with van der Waals surface area (Å²) in [6, 6.07) is 3.12. The van der Waals surface area contributed by atoms with Crippen LogP contribution in [0.4, 0.5) is 0 Å². The van der Waals surface area contributed by atoms with Crippen molar-refractivity contribution in [3.05, 3.63) is 17.9 Å². The second-order valence-electron chi connectivity index (χ2n) is 3.77. The summed E-state index contributed by atoms with van der Waals surface area (Å²) in [5.41, 5.74) is 0. The smallest absolute Gasteiger partial charge is 0.276 e. The van der Waals surface area contributed by atoms with Gasteiger partial charge in [-0.2, -0.15) is 4.31 Å². The van der Waals surface area contributed by atoms with Gasteiger partial charge in [-0.15, -0.1) is 0 Å². The van der Waals surface area contributed by atoms with Crippen molar-refractivity contribution in [3.8, 4) is 0 Å². The predicted octanol–water partition coefficient (Wildman–Crippen LogP) is 0.656. The molecule has 0 saturated carbocycles. The third-order valence-electron chi connectivity index (χ3n) is 2.41. The lowest BCUT2D eigenvalue weighted by atomic mass is 10.4. The van der Waals surface area contributed by atoms with E-state index in [0.29, 0.717) is 32.1 Å². The van der Waals surface area contributed by atoms with Crippen molar-refractivity contribution in [3.63, 3.8) is 0 Å². The molecule has 1 heterocycles. The number of nitrogens with one attached hydrogen (secondary N) is 1. The zero-order valence-corrected chi connectivity index (χ0v) is 11.8. The first kappa shape index (κ1) is 15.2. The first-order valence-corrected chi connectivity index (χ1v) is 7.23. The molecule has 0 fully saturated rings. The number of hydrogen-bond donors (Lipinski definition) is 1. The first-order valence-electron chi connectivity index (χ1n) is 5.79. The van der Waals surface area contributed by atoms with Crippen molar-refractivity contribution < 1.29 is 17.6 Å². The summed E-state index contributed by atoms with van der Waals surface area (Å²) >= 11 is 0.